The van der Waals surface area contributed by atoms with Gasteiger partial charge in [0.2, 0.25) is 0 Å². The molecule has 0 fully saturated rings. The van der Waals surface area contributed by atoms with Crippen LogP contribution in [0.1, 0.15) is 0 Å². The number of rotatable bonds is 0. The molecule has 0 bridgehead atoms. The molecule has 2 aromatic rings. The monoisotopic (exact) mass is 291 g/mol. The summed E-state index contributed by atoms with van der Waals surface area (Å²) in [6.45, 7) is 0. The van der Waals surface area contributed by atoms with Crippen molar-refractivity contribution >= 4 is 45.1 Å². The standard InChI is InChI=1S/C9H7ClIN/c1-12-3-2-6-4-7(11)5-8(10)9(6)12/h2-5H,1H3. The number of hydrogen-bond donors (Lipinski definition) is 0. The van der Waals surface area contributed by atoms with Crippen LogP contribution in [0.5, 0.6) is 0 Å². The first kappa shape index (κ1) is 8.38. The number of hydrogen-bond acceptors (Lipinski definition) is 0. The summed E-state index contributed by atoms with van der Waals surface area (Å²) in [6, 6.07) is 6.18. The van der Waals surface area contributed by atoms with E-state index in [0.717, 1.165) is 10.5 Å². The first-order chi connectivity index (χ1) is 5.68. The van der Waals surface area contributed by atoms with Gasteiger partial charge in [-0.05, 0) is 40.8 Å². The van der Waals surface area contributed by atoms with E-state index < -0.39 is 0 Å². The number of aryl methyl sites for hydroxylation is 1. The second kappa shape index (κ2) is 2.92. The maximum absolute atomic E-state index is 6.08. The molecule has 0 N–H and O–H groups in total. The molecule has 0 amide bonds. The van der Waals surface area contributed by atoms with Gasteiger partial charge in [-0.15, -0.1) is 0 Å². The van der Waals surface area contributed by atoms with Crippen molar-refractivity contribution in [2.45, 2.75) is 0 Å². The van der Waals surface area contributed by atoms with Crippen LogP contribution in [-0.4, -0.2) is 4.57 Å². The number of fused-ring (bicyclic) bond motifs is 1. The van der Waals surface area contributed by atoms with E-state index in [2.05, 4.69) is 34.7 Å². The quantitative estimate of drug-likeness (QED) is 0.655. The van der Waals surface area contributed by atoms with Gasteiger partial charge in [-0.2, -0.15) is 0 Å². The van der Waals surface area contributed by atoms with Gasteiger partial charge in [0.25, 0.3) is 0 Å². The summed E-state index contributed by atoms with van der Waals surface area (Å²) in [6.07, 6.45) is 2.02. The van der Waals surface area contributed by atoms with Gasteiger partial charge in [-0.1, -0.05) is 11.6 Å². The Hall–Kier alpha value is -0.220. The molecule has 2 rings (SSSR count). The van der Waals surface area contributed by atoms with Crippen LogP contribution in [0, 0.1) is 3.57 Å². The molecule has 0 atom stereocenters. The van der Waals surface area contributed by atoms with Crippen LogP contribution in [0.25, 0.3) is 10.9 Å². The third kappa shape index (κ3) is 1.23. The molecule has 0 aliphatic heterocycles. The highest BCUT2D eigenvalue weighted by Crippen LogP contribution is 2.26. The second-order valence-electron chi connectivity index (χ2n) is 2.75. The smallest absolute Gasteiger partial charge is 0.0667 e. The number of aromatic nitrogens is 1. The first-order valence-corrected chi connectivity index (χ1v) is 5.04. The van der Waals surface area contributed by atoms with Gasteiger partial charge >= 0.3 is 0 Å². The van der Waals surface area contributed by atoms with E-state index in [1.165, 1.54) is 8.96 Å². The number of halogens is 2. The predicted octanol–water partition coefficient (Wildman–Crippen LogP) is 3.44. The average Bonchev–Trinajstić information content (AvgIpc) is 2.31. The third-order valence-electron chi connectivity index (χ3n) is 1.89. The van der Waals surface area contributed by atoms with Crippen LogP contribution in [0.2, 0.25) is 5.02 Å². The van der Waals surface area contributed by atoms with Gasteiger partial charge in [-0.3, -0.25) is 0 Å². The molecular weight excluding hydrogens is 284 g/mol. The summed E-state index contributed by atoms with van der Waals surface area (Å²) in [5, 5.41) is 2.03. The van der Waals surface area contributed by atoms with Crippen molar-refractivity contribution in [1.29, 1.82) is 0 Å². The van der Waals surface area contributed by atoms with Crippen molar-refractivity contribution in [2.24, 2.45) is 7.05 Å². The molecule has 0 aliphatic carbocycles. The first-order valence-electron chi connectivity index (χ1n) is 3.58. The molecule has 62 valence electrons. The fourth-order valence-electron chi connectivity index (χ4n) is 1.35. The summed E-state index contributed by atoms with van der Waals surface area (Å²) in [4.78, 5) is 0. The Labute approximate surface area is 89.5 Å². The zero-order chi connectivity index (χ0) is 8.72. The summed E-state index contributed by atoms with van der Waals surface area (Å²) in [5.41, 5.74) is 1.11. The third-order valence-corrected chi connectivity index (χ3v) is 2.80. The van der Waals surface area contributed by atoms with Crippen LogP contribution < -0.4 is 0 Å². The van der Waals surface area contributed by atoms with Gasteiger partial charge in [-0.25, -0.2) is 0 Å². The lowest BCUT2D eigenvalue weighted by atomic mass is 10.2. The molecule has 1 aromatic carbocycles. The molecule has 1 aromatic heterocycles. The Morgan fingerprint density at radius 1 is 1.42 bits per heavy atom. The van der Waals surface area contributed by atoms with Gasteiger partial charge in [0, 0.05) is 22.2 Å². The van der Waals surface area contributed by atoms with Gasteiger partial charge in [0.1, 0.15) is 0 Å². The minimum atomic E-state index is 0.824. The van der Waals surface area contributed by atoms with E-state index in [1.54, 1.807) is 0 Å². The summed E-state index contributed by atoms with van der Waals surface area (Å²) >= 11 is 8.35. The van der Waals surface area contributed by atoms with Crippen molar-refractivity contribution in [1.82, 2.24) is 4.57 Å². The van der Waals surface area contributed by atoms with Crippen LogP contribution in [0.3, 0.4) is 0 Å². The lowest BCUT2D eigenvalue weighted by Crippen LogP contribution is -1.85. The largest absolute Gasteiger partial charge is 0.349 e. The van der Waals surface area contributed by atoms with Crippen LogP contribution >= 0.6 is 34.2 Å². The van der Waals surface area contributed by atoms with E-state index >= 15 is 0 Å². The van der Waals surface area contributed by atoms with E-state index in [-0.39, 0.29) is 0 Å². The van der Waals surface area contributed by atoms with Crippen molar-refractivity contribution in [3.63, 3.8) is 0 Å². The molecule has 1 heterocycles. The van der Waals surface area contributed by atoms with E-state index in [1.807, 2.05) is 23.9 Å². The summed E-state index contributed by atoms with van der Waals surface area (Å²) < 4.78 is 3.21. The lowest BCUT2D eigenvalue weighted by Gasteiger charge is -1.99. The predicted molar refractivity (Wildman–Crippen MR) is 60.6 cm³/mol. The molecule has 0 aliphatic rings. The molecule has 1 nitrogen and oxygen atoms in total. The Morgan fingerprint density at radius 2 is 2.17 bits per heavy atom. The SMILES string of the molecule is Cn1ccc2cc(I)cc(Cl)c21. The van der Waals surface area contributed by atoms with Gasteiger partial charge in [0.05, 0.1) is 10.5 Å². The summed E-state index contributed by atoms with van der Waals surface area (Å²) in [5.74, 6) is 0. The Bertz CT molecular complexity index is 433. The maximum Gasteiger partial charge on any atom is 0.0667 e. The van der Waals surface area contributed by atoms with Gasteiger partial charge in [0.15, 0.2) is 0 Å². The average molecular weight is 292 g/mol. The minimum Gasteiger partial charge on any atom is -0.349 e. The van der Waals surface area contributed by atoms with E-state index in [9.17, 15) is 0 Å². The second-order valence-corrected chi connectivity index (χ2v) is 4.40. The van der Waals surface area contributed by atoms with Crippen LogP contribution in [-0.2, 0) is 7.05 Å². The molecule has 12 heavy (non-hydrogen) atoms. The zero-order valence-corrected chi connectivity index (χ0v) is 9.43. The van der Waals surface area contributed by atoms with Crippen molar-refractivity contribution in [3.05, 3.63) is 33.0 Å². The molecule has 0 saturated heterocycles. The highest BCUT2D eigenvalue weighted by Gasteiger charge is 2.03. The molecule has 3 heteroatoms. The highest BCUT2D eigenvalue weighted by atomic mass is 127. The van der Waals surface area contributed by atoms with E-state index in [0.29, 0.717) is 0 Å². The highest BCUT2D eigenvalue weighted by molar-refractivity contribution is 14.1. The summed E-state index contributed by atoms with van der Waals surface area (Å²) in [7, 11) is 2.00. The van der Waals surface area contributed by atoms with Crippen LogP contribution in [0.15, 0.2) is 24.4 Å². The Balaban J connectivity index is 2.93. The topological polar surface area (TPSA) is 4.93 Å². The minimum absolute atomic E-state index is 0.824. The fourth-order valence-corrected chi connectivity index (χ4v) is 2.54. The molecule has 0 spiro atoms. The van der Waals surface area contributed by atoms with Crippen molar-refractivity contribution in [3.8, 4) is 0 Å². The number of benzene rings is 1. The maximum atomic E-state index is 6.08. The molecule has 0 radical (unpaired) electrons. The van der Waals surface area contributed by atoms with Crippen LogP contribution in [0.4, 0.5) is 0 Å². The molecule has 0 saturated carbocycles. The zero-order valence-electron chi connectivity index (χ0n) is 6.51. The van der Waals surface area contributed by atoms with Crippen molar-refractivity contribution < 1.29 is 0 Å². The fraction of sp³-hybridized carbons (Fsp3) is 0.111. The number of nitrogens with zero attached hydrogens (tertiary/aromatic N) is 1. The van der Waals surface area contributed by atoms with E-state index in [4.69, 9.17) is 11.6 Å². The molecule has 0 unspecified atom stereocenters. The van der Waals surface area contributed by atoms with Gasteiger partial charge < -0.3 is 4.57 Å². The Morgan fingerprint density at radius 3 is 2.92 bits per heavy atom. The Kier molecular flexibility index (Phi) is 2.04. The van der Waals surface area contributed by atoms with Crippen molar-refractivity contribution in [2.75, 3.05) is 0 Å². The molecular formula is C9H7ClIN. The normalized spacial score (nSPS) is 10.9. The lowest BCUT2D eigenvalue weighted by molar-refractivity contribution is 0.969.